The van der Waals surface area contributed by atoms with E-state index in [9.17, 15) is 14.4 Å². The van der Waals surface area contributed by atoms with E-state index in [0.717, 1.165) is 33.2 Å². The highest BCUT2D eigenvalue weighted by Gasteiger charge is 2.54. The maximum Gasteiger partial charge on any atom is 0.420 e. The maximum absolute atomic E-state index is 12.5. The lowest BCUT2D eigenvalue weighted by molar-refractivity contribution is -0.125. The molecule has 2 aromatic heterocycles. The lowest BCUT2D eigenvalue weighted by Crippen LogP contribution is -2.48. The van der Waals surface area contributed by atoms with Crippen molar-refractivity contribution in [3.05, 3.63) is 75.9 Å². The van der Waals surface area contributed by atoms with Crippen LogP contribution >= 0.6 is 0 Å². The number of carbonyl (C=O) groups excluding carboxylic acids is 2. The normalized spacial score (nSPS) is 20.2. The van der Waals surface area contributed by atoms with Gasteiger partial charge in [-0.3, -0.25) is 19.7 Å². The van der Waals surface area contributed by atoms with Gasteiger partial charge in [0, 0.05) is 25.3 Å². The number of urea groups is 1. The summed E-state index contributed by atoms with van der Waals surface area (Å²) >= 11 is 0. The number of fused-ring (bicyclic) bond motifs is 3. The molecule has 2 aliphatic rings. The van der Waals surface area contributed by atoms with Crippen LogP contribution in [0.4, 0.5) is 4.79 Å². The van der Waals surface area contributed by atoms with Gasteiger partial charge in [-0.25, -0.2) is 9.59 Å². The fourth-order valence-electron chi connectivity index (χ4n) is 4.78. The van der Waals surface area contributed by atoms with Crippen LogP contribution in [0.3, 0.4) is 0 Å². The summed E-state index contributed by atoms with van der Waals surface area (Å²) in [4.78, 5) is 43.1. The second-order valence-corrected chi connectivity index (χ2v) is 8.24. The van der Waals surface area contributed by atoms with Gasteiger partial charge in [-0.15, -0.1) is 0 Å². The molecule has 2 aromatic carbocycles. The SMILES string of the molecule is CN1C(=O)NC(=O)C12Cc1cc3ccc(Cn4c(=O)oc5ccccc54)nc3cc1C2. The molecule has 1 N–H and O–H groups in total. The first kappa shape index (κ1) is 17.9. The lowest BCUT2D eigenvalue weighted by atomic mass is 9.95. The summed E-state index contributed by atoms with van der Waals surface area (Å²) in [6.45, 7) is 0.298. The van der Waals surface area contributed by atoms with E-state index in [2.05, 4.69) is 5.32 Å². The number of rotatable bonds is 2. The molecule has 1 aliphatic carbocycles. The van der Waals surface area contributed by atoms with Crippen LogP contribution in [-0.4, -0.2) is 39.0 Å². The molecule has 1 unspecified atom stereocenters. The molecule has 8 nitrogen and oxygen atoms in total. The largest absolute Gasteiger partial charge is 0.420 e. The van der Waals surface area contributed by atoms with E-state index in [4.69, 9.17) is 9.40 Å². The predicted molar refractivity (Wildman–Crippen MR) is 113 cm³/mol. The number of para-hydroxylation sites is 2. The van der Waals surface area contributed by atoms with E-state index >= 15 is 0 Å². The fourth-order valence-corrected chi connectivity index (χ4v) is 4.78. The molecule has 1 fully saturated rings. The molecule has 154 valence electrons. The fraction of sp³-hybridized carbons (Fsp3) is 0.217. The van der Waals surface area contributed by atoms with Gasteiger partial charge in [0.2, 0.25) is 0 Å². The molecule has 0 radical (unpaired) electrons. The Kier molecular flexibility index (Phi) is 3.48. The number of amides is 3. The molecular formula is C23H18N4O4. The van der Waals surface area contributed by atoms with Crippen LogP contribution in [0.5, 0.6) is 0 Å². The average Bonchev–Trinajstić information content (AvgIpc) is 3.35. The lowest BCUT2D eigenvalue weighted by Gasteiger charge is -2.27. The highest BCUT2D eigenvalue weighted by molar-refractivity contribution is 6.07. The van der Waals surface area contributed by atoms with Gasteiger partial charge in [0.15, 0.2) is 5.58 Å². The Balaban J connectivity index is 1.38. The minimum absolute atomic E-state index is 0.250. The number of likely N-dealkylation sites (N-methyl/N-ethyl adjacent to an activating group) is 1. The Morgan fingerprint density at radius 1 is 1.06 bits per heavy atom. The zero-order valence-corrected chi connectivity index (χ0v) is 16.7. The molecule has 1 spiro atoms. The molecule has 0 saturated carbocycles. The van der Waals surface area contributed by atoms with Crippen molar-refractivity contribution in [1.82, 2.24) is 19.8 Å². The second-order valence-electron chi connectivity index (χ2n) is 8.24. The summed E-state index contributed by atoms with van der Waals surface area (Å²) in [5, 5.41) is 3.38. The third kappa shape index (κ3) is 2.48. The van der Waals surface area contributed by atoms with Crippen molar-refractivity contribution >= 4 is 33.9 Å². The number of carbonyl (C=O) groups is 2. The van der Waals surface area contributed by atoms with Gasteiger partial charge in [-0.1, -0.05) is 18.2 Å². The van der Waals surface area contributed by atoms with Crippen LogP contribution in [0, 0.1) is 0 Å². The number of hydrogen-bond acceptors (Lipinski definition) is 5. The molecule has 31 heavy (non-hydrogen) atoms. The van der Waals surface area contributed by atoms with Crippen molar-refractivity contribution in [3.63, 3.8) is 0 Å². The Labute approximate surface area is 176 Å². The average molecular weight is 414 g/mol. The monoisotopic (exact) mass is 414 g/mol. The minimum Gasteiger partial charge on any atom is -0.408 e. The van der Waals surface area contributed by atoms with E-state index in [1.807, 2.05) is 42.5 Å². The van der Waals surface area contributed by atoms with E-state index in [0.29, 0.717) is 25.0 Å². The summed E-state index contributed by atoms with van der Waals surface area (Å²) in [5.41, 5.74) is 4.01. The van der Waals surface area contributed by atoms with Crippen molar-refractivity contribution in [1.29, 1.82) is 0 Å². The Bertz CT molecular complexity index is 1480. The van der Waals surface area contributed by atoms with Gasteiger partial charge in [0.1, 0.15) is 5.54 Å². The first-order valence-corrected chi connectivity index (χ1v) is 10.0. The standard InChI is InChI=1S/C23H18N4O4/c1-26-21(29)25-20(28)23(26)10-14-8-13-6-7-16(24-17(13)9-15(14)11-23)12-27-18-4-2-3-5-19(18)31-22(27)30/h2-9H,10-12H2,1H3,(H,25,28,29). The molecular weight excluding hydrogens is 396 g/mol. The maximum atomic E-state index is 12.5. The number of nitrogens with one attached hydrogen (secondary N) is 1. The van der Waals surface area contributed by atoms with Gasteiger partial charge in [-0.05, 0) is 41.5 Å². The Morgan fingerprint density at radius 2 is 1.84 bits per heavy atom. The predicted octanol–water partition coefficient (Wildman–Crippen LogP) is 2.21. The number of benzene rings is 2. The summed E-state index contributed by atoms with van der Waals surface area (Å²) in [6.07, 6.45) is 0.953. The Hall–Kier alpha value is -3.94. The molecule has 0 bridgehead atoms. The zero-order chi connectivity index (χ0) is 21.3. The van der Waals surface area contributed by atoms with Crippen LogP contribution < -0.4 is 11.1 Å². The number of oxazole rings is 1. The number of hydrogen-bond donors (Lipinski definition) is 1. The summed E-state index contributed by atoms with van der Waals surface area (Å²) < 4.78 is 6.88. The number of pyridine rings is 1. The van der Waals surface area contributed by atoms with E-state index in [-0.39, 0.29) is 11.9 Å². The van der Waals surface area contributed by atoms with Crippen LogP contribution in [-0.2, 0) is 24.2 Å². The van der Waals surface area contributed by atoms with E-state index in [1.54, 1.807) is 17.7 Å². The molecule has 3 amide bonds. The Morgan fingerprint density at radius 3 is 2.61 bits per heavy atom. The van der Waals surface area contributed by atoms with E-state index in [1.165, 1.54) is 4.90 Å². The second kappa shape index (κ2) is 6.04. The van der Waals surface area contributed by atoms with Gasteiger partial charge >= 0.3 is 11.8 Å². The molecule has 1 atom stereocenters. The van der Waals surface area contributed by atoms with Crippen molar-refractivity contribution in [2.24, 2.45) is 0 Å². The van der Waals surface area contributed by atoms with Crippen LogP contribution in [0.2, 0.25) is 0 Å². The number of imide groups is 1. The van der Waals surface area contributed by atoms with Crippen molar-refractivity contribution in [3.8, 4) is 0 Å². The summed E-state index contributed by atoms with van der Waals surface area (Å²) in [5.74, 6) is -0.668. The number of aromatic nitrogens is 2. The molecule has 1 aliphatic heterocycles. The van der Waals surface area contributed by atoms with Crippen molar-refractivity contribution < 1.29 is 14.0 Å². The number of nitrogens with zero attached hydrogens (tertiary/aromatic N) is 3. The molecule has 8 heteroatoms. The van der Waals surface area contributed by atoms with Crippen LogP contribution in [0.1, 0.15) is 16.8 Å². The molecule has 4 aromatic rings. The zero-order valence-electron chi connectivity index (χ0n) is 16.7. The van der Waals surface area contributed by atoms with Crippen LogP contribution in [0.15, 0.2) is 57.7 Å². The van der Waals surface area contributed by atoms with Crippen LogP contribution in [0.25, 0.3) is 22.0 Å². The third-order valence-electron chi connectivity index (χ3n) is 6.52. The highest BCUT2D eigenvalue weighted by atomic mass is 16.4. The van der Waals surface area contributed by atoms with Gasteiger partial charge < -0.3 is 9.32 Å². The van der Waals surface area contributed by atoms with Crippen molar-refractivity contribution in [2.75, 3.05) is 7.05 Å². The van der Waals surface area contributed by atoms with Gasteiger partial charge in [-0.2, -0.15) is 0 Å². The first-order valence-electron chi connectivity index (χ1n) is 10.0. The molecule has 6 rings (SSSR count). The van der Waals surface area contributed by atoms with Gasteiger partial charge in [0.05, 0.1) is 23.3 Å². The quantitative estimate of drug-likeness (QED) is 0.507. The van der Waals surface area contributed by atoms with Crippen molar-refractivity contribution in [2.45, 2.75) is 24.9 Å². The molecule has 1 saturated heterocycles. The first-order chi connectivity index (χ1) is 14.9. The topological polar surface area (TPSA) is 97.4 Å². The van der Waals surface area contributed by atoms with E-state index < -0.39 is 11.3 Å². The third-order valence-corrected chi connectivity index (χ3v) is 6.52. The smallest absolute Gasteiger partial charge is 0.408 e. The van der Waals surface area contributed by atoms with Gasteiger partial charge in [0.25, 0.3) is 5.91 Å². The highest BCUT2D eigenvalue weighted by Crippen LogP contribution is 2.38. The molecule has 3 heterocycles. The summed E-state index contributed by atoms with van der Waals surface area (Å²) in [7, 11) is 1.66. The minimum atomic E-state index is -0.858. The summed E-state index contributed by atoms with van der Waals surface area (Å²) in [6, 6.07) is 14.8.